The molecule has 0 aliphatic heterocycles. The van der Waals surface area contributed by atoms with Gasteiger partial charge < -0.3 is 15.8 Å². The first-order valence-electron chi connectivity index (χ1n) is 7.98. The number of carbonyl (C=O) groups excluding carboxylic acids is 2. The number of H-pyrrole nitrogens is 1. The van der Waals surface area contributed by atoms with Crippen molar-refractivity contribution in [3.8, 4) is 17.0 Å². The summed E-state index contributed by atoms with van der Waals surface area (Å²) in [4.78, 5) is 23.6. The van der Waals surface area contributed by atoms with Crippen molar-refractivity contribution in [1.29, 1.82) is 0 Å². The predicted octanol–water partition coefficient (Wildman–Crippen LogP) is 2.03. The van der Waals surface area contributed by atoms with E-state index in [9.17, 15) is 9.59 Å². The van der Waals surface area contributed by atoms with E-state index in [2.05, 4.69) is 36.7 Å². The number of aromatic nitrogens is 3. The molecule has 1 aromatic heterocycles. The Hall–Kier alpha value is -3.20. The van der Waals surface area contributed by atoms with Gasteiger partial charge in [-0.05, 0) is 23.8 Å². The number of benzene rings is 2. The Bertz CT molecular complexity index is 959. The molecule has 0 saturated carbocycles. The van der Waals surface area contributed by atoms with Crippen LogP contribution in [0.3, 0.4) is 0 Å². The number of ether oxygens (including phenoxy) is 1. The van der Waals surface area contributed by atoms with Crippen molar-refractivity contribution >= 4 is 27.7 Å². The lowest BCUT2D eigenvalue weighted by Crippen LogP contribution is -2.28. The molecule has 8 nitrogen and oxygen atoms in total. The zero-order valence-electron chi connectivity index (χ0n) is 14.1. The SMILES string of the molecule is NC(=O)c1n[nH]nc1-c1cc(Br)ccc1OCC(=O)NCc1ccccc1. The van der Waals surface area contributed by atoms with Crippen LogP contribution in [0.15, 0.2) is 53.0 Å². The summed E-state index contributed by atoms with van der Waals surface area (Å²) >= 11 is 3.36. The Morgan fingerprint density at radius 2 is 1.93 bits per heavy atom. The van der Waals surface area contributed by atoms with Gasteiger partial charge >= 0.3 is 0 Å². The molecule has 138 valence electrons. The number of halogens is 1. The van der Waals surface area contributed by atoms with Crippen molar-refractivity contribution in [2.75, 3.05) is 6.61 Å². The molecule has 0 saturated heterocycles. The average molecular weight is 430 g/mol. The third-order valence-electron chi connectivity index (χ3n) is 3.67. The first-order chi connectivity index (χ1) is 13.0. The lowest BCUT2D eigenvalue weighted by molar-refractivity contribution is -0.123. The summed E-state index contributed by atoms with van der Waals surface area (Å²) in [6.45, 7) is 0.219. The summed E-state index contributed by atoms with van der Waals surface area (Å²) in [6.07, 6.45) is 0. The maximum absolute atomic E-state index is 12.1. The van der Waals surface area contributed by atoms with Gasteiger partial charge in [0.1, 0.15) is 11.4 Å². The number of amides is 2. The minimum Gasteiger partial charge on any atom is -0.483 e. The van der Waals surface area contributed by atoms with Crippen LogP contribution in [0, 0.1) is 0 Å². The second kappa shape index (κ2) is 8.45. The molecule has 0 atom stereocenters. The van der Waals surface area contributed by atoms with E-state index in [1.165, 1.54) is 0 Å². The highest BCUT2D eigenvalue weighted by Crippen LogP contribution is 2.32. The molecule has 0 aliphatic carbocycles. The van der Waals surface area contributed by atoms with Gasteiger partial charge in [0.05, 0.1) is 0 Å². The summed E-state index contributed by atoms with van der Waals surface area (Å²) in [5.74, 6) is -0.613. The van der Waals surface area contributed by atoms with E-state index in [1.807, 2.05) is 30.3 Å². The van der Waals surface area contributed by atoms with Crippen molar-refractivity contribution in [2.45, 2.75) is 6.54 Å². The van der Waals surface area contributed by atoms with Crippen LogP contribution in [-0.2, 0) is 11.3 Å². The van der Waals surface area contributed by atoms with E-state index in [-0.39, 0.29) is 23.9 Å². The number of hydrogen-bond donors (Lipinski definition) is 3. The van der Waals surface area contributed by atoms with Crippen molar-refractivity contribution in [3.05, 3.63) is 64.3 Å². The minimum atomic E-state index is -0.717. The van der Waals surface area contributed by atoms with E-state index >= 15 is 0 Å². The van der Waals surface area contributed by atoms with E-state index in [0.29, 0.717) is 17.9 Å². The quantitative estimate of drug-likeness (QED) is 0.529. The van der Waals surface area contributed by atoms with Crippen LogP contribution >= 0.6 is 15.9 Å². The van der Waals surface area contributed by atoms with Crippen molar-refractivity contribution in [2.24, 2.45) is 5.73 Å². The maximum Gasteiger partial charge on any atom is 0.271 e. The Balaban J connectivity index is 1.71. The van der Waals surface area contributed by atoms with Crippen LogP contribution in [0.1, 0.15) is 16.1 Å². The molecule has 1 heterocycles. The number of carbonyl (C=O) groups is 2. The smallest absolute Gasteiger partial charge is 0.271 e. The molecule has 27 heavy (non-hydrogen) atoms. The third-order valence-corrected chi connectivity index (χ3v) is 4.16. The predicted molar refractivity (Wildman–Crippen MR) is 102 cm³/mol. The van der Waals surface area contributed by atoms with Crippen molar-refractivity contribution in [3.63, 3.8) is 0 Å². The van der Waals surface area contributed by atoms with Gasteiger partial charge in [0.15, 0.2) is 12.3 Å². The number of rotatable bonds is 7. The number of aromatic amines is 1. The summed E-state index contributed by atoms with van der Waals surface area (Å²) in [5, 5.41) is 12.9. The molecule has 4 N–H and O–H groups in total. The number of nitrogens with two attached hydrogens (primary N) is 1. The van der Waals surface area contributed by atoms with Gasteiger partial charge in [-0.2, -0.15) is 15.4 Å². The molecule has 3 aromatic rings. The van der Waals surface area contributed by atoms with Crippen molar-refractivity contribution in [1.82, 2.24) is 20.7 Å². The second-order valence-electron chi connectivity index (χ2n) is 5.58. The lowest BCUT2D eigenvalue weighted by Gasteiger charge is -2.11. The molecule has 0 aliphatic rings. The van der Waals surface area contributed by atoms with E-state index in [1.54, 1.807) is 18.2 Å². The summed E-state index contributed by atoms with van der Waals surface area (Å²) in [5.41, 5.74) is 7.05. The molecule has 0 bridgehead atoms. The van der Waals surface area contributed by atoms with Crippen LogP contribution < -0.4 is 15.8 Å². The number of hydrogen-bond acceptors (Lipinski definition) is 5. The fraction of sp³-hybridized carbons (Fsp3) is 0.111. The summed E-state index contributed by atoms with van der Waals surface area (Å²) in [6, 6.07) is 14.7. The van der Waals surface area contributed by atoms with Gasteiger partial charge in [0, 0.05) is 16.6 Å². The number of nitrogens with one attached hydrogen (secondary N) is 2. The third kappa shape index (κ3) is 4.70. The Kier molecular flexibility index (Phi) is 5.82. The minimum absolute atomic E-state index is 0.00789. The first kappa shape index (κ1) is 18.6. The van der Waals surface area contributed by atoms with Gasteiger partial charge in [0.2, 0.25) is 0 Å². The molecule has 9 heteroatoms. The lowest BCUT2D eigenvalue weighted by atomic mass is 10.1. The van der Waals surface area contributed by atoms with Crippen molar-refractivity contribution < 1.29 is 14.3 Å². The Labute approximate surface area is 163 Å². The van der Waals surface area contributed by atoms with Gasteiger partial charge in [-0.25, -0.2) is 0 Å². The van der Waals surface area contributed by atoms with Gasteiger partial charge in [-0.15, -0.1) is 0 Å². The summed E-state index contributed by atoms with van der Waals surface area (Å²) < 4.78 is 6.38. The molecule has 2 amide bonds. The molecular weight excluding hydrogens is 414 g/mol. The first-order valence-corrected chi connectivity index (χ1v) is 8.78. The van der Waals surface area contributed by atoms with Gasteiger partial charge in [-0.3, -0.25) is 9.59 Å². The number of nitrogens with zero attached hydrogens (tertiary/aromatic N) is 2. The largest absolute Gasteiger partial charge is 0.483 e. The highest BCUT2D eigenvalue weighted by Gasteiger charge is 2.19. The highest BCUT2D eigenvalue weighted by molar-refractivity contribution is 9.10. The fourth-order valence-corrected chi connectivity index (χ4v) is 2.76. The Morgan fingerprint density at radius 1 is 1.15 bits per heavy atom. The van der Waals surface area contributed by atoms with Crippen LogP contribution in [0.2, 0.25) is 0 Å². The van der Waals surface area contributed by atoms with Crippen LogP contribution in [0.5, 0.6) is 5.75 Å². The monoisotopic (exact) mass is 429 g/mol. The fourth-order valence-electron chi connectivity index (χ4n) is 2.39. The van der Waals surface area contributed by atoms with E-state index in [0.717, 1.165) is 10.0 Å². The maximum atomic E-state index is 12.1. The molecular formula is C18H16BrN5O3. The van der Waals surface area contributed by atoms with E-state index in [4.69, 9.17) is 10.5 Å². The summed E-state index contributed by atoms with van der Waals surface area (Å²) in [7, 11) is 0. The van der Waals surface area contributed by atoms with Crippen LogP contribution in [-0.4, -0.2) is 33.8 Å². The molecule has 0 fully saturated rings. The van der Waals surface area contributed by atoms with Gasteiger partial charge in [-0.1, -0.05) is 46.3 Å². The topological polar surface area (TPSA) is 123 Å². The molecule has 0 unspecified atom stereocenters. The zero-order chi connectivity index (χ0) is 19.2. The average Bonchev–Trinajstić information content (AvgIpc) is 3.16. The molecule has 0 spiro atoms. The van der Waals surface area contributed by atoms with E-state index < -0.39 is 5.91 Å². The molecule has 3 rings (SSSR count). The highest BCUT2D eigenvalue weighted by atomic mass is 79.9. The molecule has 0 radical (unpaired) electrons. The molecule has 2 aromatic carbocycles. The normalized spacial score (nSPS) is 10.4. The zero-order valence-corrected chi connectivity index (χ0v) is 15.7. The van der Waals surface area contributed by atoms with Gasteiger partial charge in [0.25, 0.3) is 11.8 Å². The second-order valence-corrected chi connectivity index (χ2v) is 6.49. The number of primary amides is 1. The van der Waals surface area contributed by atoms with Crippen LogP contribution in [0.4, 0.5) is 0 Å². The Morgan fingerprint density at radius 3 is 2.67 bits per heavy atom. The standard InChI is InChI=1S/C18H16BrN5O3/c19-12-6-7-14(13(8-12)16-17(18(20)26)23-24-22-16)27-10-15(25)21-9-11-4-2-1-3-5-11/h1-8H,9-10H2,(H2,20,26)(H,21,25)(H,22,23,24). The van der Waals surface area contributed by atoms with Crippen LogP contribution in [0.25, 0.3) is 11.3 Å².